The lowest BCUT2D eigenvalue weighted by molar-refractivity contribution is -0.172. The van der Waals surface area contributed by atoms with E-state index in [1.54, 1.807) is 27.7 Å². The number of carboxylic acids is 1. The maximum atomic E-state index is 12.4. The number of urea groups is 1. The van der Waals surface area contributed by atoms with Gasteiger partial charge in [0.1, 0.15) is 11.3 Å². The van der Waals surface area contributed by atoms with Crippen LogP contribution in [0, 0.1) is 5.92 Å². The predicted octanol–water partition coefficient (Wildman–Crippen LogP) is 2.73. The largest absolute Gasteiger partial charge is 0.479 e. The first kappa shape index (κ1) is 28.7. The van der Waals surface area contributed by atoms with Gasteiger partial charge in [-0.15, -0.1) is 11.3 Å². The van der Waals surface area contributed by atoms with Crippen molar-refractivity contribution in [1.82, 2.24) is 15.6 Å². The molecule has 2 atom stereocenters. The van der Waals surface area contributed by atoms with Crippen LogP contribution in [0.1, 0.15) is 56.6 Å². The van der Waals surface area contributed by atoms with Crippen molar-refractivity contribution < 1.29 is 29.0 Å². The zero-order valence-electron chi connectivity index (χ0n) is 20.8. The van der Waals surface area contributed by atoms with Gasteiger partial charge in [0.05, 0.1) is 0 Å². The van der Waals surface area contributed by atoms with E-state index in [2.05, 4.69) is 20.9 Å². The molecule has 0 aliphatic rings. The number of carboxylic acid groups (broad SMARTS) is 1. The van der Waals surface area contributed by atoms with Gasteiger partial charge < -0.3 is 26.2 Å². The zero-order valence-corrected chi connectivity index (χ0v) is 21.6. The van der Waals surface area contributed by atoms with Crippen LogP contribution in [0.25, 0.3) is 0 Å². The van der Waals surface area contributed by atoms with Crippen LogP contribution >= 0.6 is 11.3 Å². The Morgan fingerprint density at radius 2 is 1.81 bits per heavy atom. The number of aromatic nitrogens is 1. The van der Waals surface area contributed by atoms with E-state index < -0.39 is 40.9 Å². The molecule has 0 saturated heterocycles. The number of ether oxygens (including phenoxy) is 1. The molecule has 0 radical (unpaired) electrons. The van der Waals surface area contributed by atoms with Crippen LogP contribution in [0.3, 0.4) is 0 Å². The molecular formula is C24H33N5O6S. The smallest absolute Gasteiger partial charge is 0.338 e. The van der Waals surface area contributed by atoms with E-state index in [0.29, 0.717) is 13.0 Å². The molecule has 11 nitrogen and oxygen atoms in total. The van der Waals surface area contributed by atoms with Crippen molar-refractivity contribution in [3.05, 3.63) is 47.0 Å². The number of rotatable bonds is 11. The predicted molar refractivity (Wildman–Crippen MR) is 136 cm³/mol. The van der Waals surface area contributed by atoms with Crippen molar-refractivity contribution in [3.63, 3.8) is 0 Å². The second-order valence-electron chi connectivity index (χ2n) is 9.31. The second-order valence-corrected chi connectivity index (χ2v) is 10.2. The van der Waals surface area contributed by atoms with E-state index in [1.807, 2.05) is 30.3 Å². The lowest BCUT2D eigenvalue weighted by Gasteiger charge is -2.32. The first-order chi connectivity index (χ1) is 16.8. The number of esters is 1. The quantitative estimate of drug-likeness (QED) is 0.171. The number of anilines is 1. The lowest BCUT2D eigenvalue weighted by atomic mass is 9.82. The highest BCUT2D eigenvalue weighted by molar-refractivity contribution is 7.14. The van der Waals surface area contributed by atoms with Crippen LogP contribution in [-0.2, 0) is 20.9 Å². The summed E-state index contributed by atoms with van der Waals surface area (Å²) in [6.07, 6.45) is 0.632. The number of benzene rings is 1. The van der Waals surface area contributed by atoms with Gasteiger partial charge in [0.25, 0.3) is 5.91 Å². The highest BCUT2D eigenvalue weighted by Gasteiger charge is 2.49. The molecule has 12 heteroatoms. The minimum atomic E-state index is -2.20. The van der Waals surface area contributed by atoms with Crippen molar-refractivity contribution in [3.8, 4) is 0 Å². The van der Waals surface area contributed by atoms with E-state index >= 15 is 0 Å². The maximum Gasteiger partial charge on any atom is 0.338 e. The minimum absolute atomic E-state index is 0.138. The normalized spacial score (nSPS) is 13.7. The number of hydrogen-bond donors (Lipinski definition) is 5. The Labute approximate surface area is 213 Å². The Balaban J connectivity index is 1.80. The van der Waals surface area contributed by atoms with E-state index in [0.717, 1.165) is 16.9 Å². The number of nitrogens with one attached hydrogen (secondary N) is 3. The molecule has 1 heterocycles. The topological polar surface area (TPSA) is 173 Å². The first-order valence-electron chi connectivity index (χ1n) is 11.4. The fourth-order valence-corrected chi connectivity index (χ4v) is 3.83. The monoisotopic (exact) mass is 519 g/mol. The van der Waals surface area contributed by atoms with E-state index in [-0.39, 0.29) is 23.8 Å². The third-order valence-electron chi connectivity index (χ3n) is 5.22. The van der Waals surface area contributed by atoms with Crippen LogP contribution in [0.2, 0.25) is 0 Å². The number of nitrogens with zero attached hydrogens (tertiary/aromatic N) is 1. The van der Waals surface area contributed by atoms with Crippen molar-refractivity contribution in [2.75, 3.05) is 11.9 Å². The zero-order chi connectivity index (χ0) is 26.9. The molecule has 0 saturated carbocycles. The van der Waals surface area contributed by atoms with E-state index in [9.17, 15) is 24.3 Å². The highest BCUT2D eigenvalue weighted by Crippen LogP contribution is 2.24. The summed E-state index contributed by atoms with van der Waals surface area (Å²) in [5, 5.41) is 19.4. The van der Waals surface area contributed by atoms with Crippen LogP contribution < -0.4 is 21.7 Å². The molecule has 36 heavy (non-hydrogen) atoms. The highest BCUT2D eigenvalue weighted by atomic mass is 32.1. The first-order valence-corrected chi connectivity index (χ1v) is 12.3. The Morgan fingerprint density at radius 3 is 2.42 bits per heavy atom. The third kappa shape index (κ3) is 8.31. The van der Waals surface area contributed by atoms with Crippen LogP contribution in [0.15, 0.2) is 35.7 Å². The average molecular weight is 520 g/mol. The fraction of sp³-hybridized carbons (Fsp3) is 0.458. The van der Waals surface area contributed by atoms with Gasteiger partial charge in [0, 0.05) is 18.5 Å². The molecule has 2 rings (SSSR count). The van der Waals surface area contributed by atoms with Gasteiger partial charge in [0.15, 0.2) is 5.13 Å². The summed E-state index contributed by atoms with van der Waals surface area (Å²) < 4.78 is 5.20. The Morgan fingerprint density at radius 1 is 1.14 bits per heavy atom. The summed E-state index contributed by atoms with van der Waals surface area (Å²) in [5.41, 5.74) is 3.96. The number of aliphatic carboxylic acids is 1. The van der Waals surface area contributed by atoms with Crippen LogP contribution in [-0.4, -0.2) is 51.7 Å². The van der Waals surface area contributed by atoms with Gasteiger partial charge in [-0.2, -0.15) is 0 Å². The number of carbonyl (C=O) groups excluding carboxylic acids is 3. The van der Waals surface area contributed by atoms with Gasteiger partial charge in [-0.25, -0.2) is 19.4 Å². The van der Waals surface area contributed by atoms with Crippen molar-refractivity contribution in [1.29, 1.82) is 0 Å². The average Bonchev–Trinajstić information content (AvgIpc) is 3.27. The molecule has 0 spiro atoms. The number of hydrogen-bond acceptors (Lipinski definition) is 8. The van der Waals surface area contributed by atoms with Crippen LogP contribution in [0.5, 0.6) is 0 Å². The van der Waals surface area contributed by atoms with Crippen LogP contribution in [0.4, 0.5) is 9.93 Å². The molecule has 1 aromatic heterocycles. The lowest BCUT2D eigenvalue weighted by Crippen LogP contribution is -2.61. The van der Waals surface area contributed by atoms with E-state index in [1.165, 1.54) is 5.38 Å². The summed E-state index contributed by atoms with van der Waals surface area (Å²) in [6.45, 7) is 7.01. The molecule has 2 aromatic rings. The SMILES string of the molecule is CC(CCCNC(=O)c1csc(NC(=O)NCc2ccccc2)n1)[C@](N)(C(=O)O)C(=O)OC(C)(C)C. The minimum Gasteiger partial charge on any atom is -0.479 e. The van der Waals surface area contributed by atoms with Crippen molar-refractivity contribution in [2.24, 2.45) is 11.7 Å². The molecule has 0 aliphatic carbocycles. The Kier molecular flexibility index (Phi) is 9.93. The van der Waals surface area contributed by atoms with Gasteiger partial charge in [-0.3, -0.25) is 10.1 Å². The number of thiazole rings is 1. The molecule has 196 valence electrons. The third-order valence-corrected chi connectivity index (χ3v) is 5.98. The number of carbonyl (C=O) groups is 4. The molecule has 1 unspecified atom stereocenters. The van der Waals surface area contributed by atoms with E-state index in [4.69, 9.17) is 10.5 Å². The number of nitrogens with two attached hydrogens (primary N) is 1. The molecule has 1 aromatic carbocycles. The molecule has 6 N–H and O–H groups in total. The molecule has 3 amide bonds. The van der Waals surface area contributed by atoms with Gasteiger partial charge in [-0.05, 0) is 45.1 Å². The maximum absolute atomic E-state index is 12.4. The fourth-order valence-electron chi connectivity index (χ4n) is 3.15. The Bertz CT molecular complexity index is 1070. The van der Waals surface area contributed by atoms with Crippen molar-refractivity contribution in [2.45, 2.75) is 58.2 Å². The van der Waals surface area contributed by atoms with Gasteiger partial charge in [-0.1, -0.05) is 37.3 Å². The summed E-state index contributed by atoms with van der Waals surface area (Å²) in [7, 11) is 0. The molecule has 0 fully saturated rings. The summed E-state index contributed by atoms with van der Waals surface area (Å²) in [5.74, 6) is -3.66. The summed E-state index contributed by atoms with van der Waals surface area (Å²) >= 11 is 1.11. The molecule has 0 aliphatic heterocycles. The molecular weight excluding hydrogens is 486 g/mol. The van der Waals surface area contributed by atoms with Crippen molar-refractivity contribution >= 4 is 40.3 Å². The van der Waals surface area contributed by atoms with Gasteiger partial charge >= 0.3 is 18.0 Å². The standard InChI is InChI=1S/C24H33N5O6S/c1-15(24(25,19(31)32)20(33)35-23(2,3)4)9-8-12-26-18(30)17-14-36-22(28-17)29-21(34)27-13-16-10-6-5-7-11-16/h5-7,10-11,14-15H,8-9,12-13,25H2,1-4H3,(H,26,30)(H,31,32)(H2,27,28,29,34)/t15?,24-/m0/s1. The second kappa shape index (κ2) is 12.5. The number of amides is 3. The Hall–Kier alpha value is -3.51. The van der Waals surface area contributed by atoms with Gasteiger partial charge in [0.2, 0.25) is 5.54 Å². The summed E-state index contributed by atoms with van der Waals surface area (Å²) in [6, 6.07) is 8.97. The molecule has 0 bridgehead atoms. The summed E-state index contributed by atoms with van der Waals surface area (Å²) in [4.78, 5) is 52.8.